The number of fused-ring (bicyclic) bond motifs is 1. The van der Waals surface area contributed by atoms with Crippen LogP contribution in [0.2, 0.25) is 0 Å². The summed E-state index contributed by atoms with van der Waals surface area (Å²) in [5, 5.41) is 10.4. The molecule has 0 radical (unpaired) electrons. The van der Waals surface area contributed by atoms with Gasteiger partial charge in [0.05, 0.1) is 29.2 Å². The second-order valence-electron chi connectivity index (χ2n) is 11.3. The van der Waals surface area contributed by atoms with Crippen molar-refractivity contribution in [2.24, 2.45) is 17.8 Å². The first-order chi connectivity index (χ1) is 18.0. The predicted molar refractivity (Wildman–Crippen MR) is 153 cm³/mol. The third-order valence-electron chi connectivity index (χ3n) is 8.64. The molecule has 3 heterocycles. The Morgan fingerprint density at radius 2 is 1.82 bits per heavy atom. The number of benzene rings is 1. The van der Waals surface area contributed by atoms with Crippen LogP contribution in [-0.2, 0) is 14.4 Å². The Morgan fingerprint density at radius 3 is 2.37 bits per heavy atom. The number of para-hydroxylation sites is 1. The molecule has 6 atom stereocenters. The first kappa shape index (κ1) is 28.4. The summed E-state index contributed by atoms with van der Waals surface area (Å²) in [5.74, 6) is -1.59. The topological polar surface area (TPSA) is 81.2 Å². The Kier molecular flexibility index (Phi) is 8.15. The van der Waals surface area contributed by atoms with Crippen LogP contribution in [-0.4, -0.2) is 81.5 Å². The first-order valence-corrected chi connectivity index (χ1v) is 14.4. The fourth-order valence-corrected chi connectivity index (χ4v) is 9.16. The van der Waals surface area contributed by atoms with Crippen LogP contribution in [0, 0.1) is 31.6 Å². The summed E-state index contributed by atoms with van der Waals surface area (Å²) in [5.41, 5.74) is 2.76. The van der Waals surface area contributed by atoms with E-state index in [0.717, 1.165) is 23.2 Å². The summed E-state index contributed by atoms with van der Waals surface area (Å²) in [6.07, 6.45) is 4.86. The molecule has 1 aromatic rings. The normalized spacial score (nSPS) is 28.4. The highest BCUT2D eigenvalue weighted by atomic mass is 32.2. The molecule has 3 aliphatic heterocycles. The number of hydrogen-bond acceptors (Lipinski definition) is 5. The SMILES string of the molecule is C=CCN(C)C(=O)[C@@H]1[C@@H]2CCC3(S2)C(C(=O)N(CC=C)c2c(C)cccc2C)N([C@@H](CO)C(C)C)C(=O)[C@H]13. The minimum absolute atomic E-state index is 0.0131. The van der Waals surface area contributed by atoms with Crippen LogP contribution in [0.4, 0.5) is 5.69 Å². The summed E-state index contributed by atoms with van der Waals surface area (Å²) < 4.78 is -0.716. The number of likely N-dealkylation sites (tertiary alicyclic amines) is 1. The Balaban J connectivity index is 1.86. The number of amides is 3. The average Bonchev–Trinajstić information content (AvgIpc) is 3.51. The van der Waals surface area contributed by atoms with E-state index in [1.54, 1.807) is 45.7 Å². The van der Waals surface area contributed by atoms with Crippen molar-refractivity contribution in [1.82, 2.24) is 9.80 Å². The molecule has 7 nitrogen and oxygen atoms in total. The highest BCUT2D eigenvalue weighted by molar-refractivity contribution is 8.02. The van der Waals surface area contributed by atoms with Crippen molar-refractivity contribution in [2.45, 2.75) is 62.6 Å². The third-order valence-corrected chi connectivity index (χ3v) is 10.6. The van der Waals surface area contributed by atoms with Gasteiger partial charge in [-0.1, -0.05) is 44.2 Å². The van der Waals surface area contributed by atoms with E-state index in [1.807, 2.05) is 45.9 Å². The molecular weight excluding hydrogens is 498 g/mol. The summed E-state index contributed by atoms with van der Waals surface area (Å²) in [6.45, 7) is 16.0. The molecule has 3 amide bonds. The zero-order chi connectivity index (χ0) is 27.9. The van der Waals surface area contributed by atoms with E-state index in [1.165, 1.54) is 0 Å². The van der Waals surface area contributed by atoms with Gasteiger partial charge in [0, 0.05) is 31.1 Å². The van der Waals surface area contributed by atoms with Gasteiger partial charge in [0.1, 0.15) is 6.04 Å². The average molecular weight is 540 g/mol. The van der Waals surface area contributed by atoms with E-state index in [0.29, 0.717) is 19.5 Å². The van der Waals surface area contributed by atoms with E-state index >= 15 is 0 Å². The van der Waals surface area contributed by atoms with Crippen LogP contribution in [0.15, 0.2) is 43.5 Å². The van der Waals surface area contributed by atoms with Gasteiger partial charge in [-0.15, -0.1) is 24.9 Å². The van der Waals surface area contributed by atoms with Crippen molar-refractivity contribution < 1.29 is 19.5 Å². The number of rotatable bonds is 10. The number of nitrogens with zero attached hydrogens (tertiary/aromatic N) is 3. The second-order valence-corrected chi connectivity index (χ2v) is 12.9. The van der Waals surface area contributed by atoms with Crippen LogP contribution in [0.3, 0.4) is 0 Å². The van der Waals surface area contributed by atoms with Crippen LogP contribution in [0.25, 0.3) is 0 Å². The molecule has 1 aromatic carbocycles. The Hall–Kier alpha value is -2.58. The fourth-order valence-electron chi connectivity index (χ4n) is 6.97. The number of aryl methyl sites for hydroxylation is 2. The smallest absolute Gasteiger partial charge is 0.251 e. The second kappa shape index (κ2) is 10.9. The molecule has 206 valence electrons. The molecule has 0 aliphatic carbocycles. The quantitative estimate of drug-likeness (QED) is 0.460. The Bertz CT molecular complexity index is 1120. The van der Waals surface area contributed by atoms with Gasteiger partial charge in [0.15, 0.2) is 0 Å². The lowest BCUT2D eigenvalue weighted by Gasteiger charge is -2.41. The number of anilines is 1. The maximum Gasteiger partial charge on any atom is 0.251 e. The van der Waals surface area contributed by atoms with Gasteiger partial charge in [0.25, 0.3) is 5.91 Å². The Labute approximate surface area is 230 Å². The molecule has 2 unspecified atom stereocenters. The first-order valence-electron chi connectivity index (χ1n) is 13.5. The van der Waals surface area contributed by atoms with Gasteiger partial charge >= 0.3 is 0 Å². The highest BCUT2D eigenvalue weighted by Gasteiger charge is 2.74. The van der Waals surface area contributed by atoms with Crippen LogP contribution in [0.5, 0.6) is 0 Å². The minimum Gasteiger partial charge on any atom is -0.394 e. The molecule has 38 heavy (non-hydrogen) atoms. The van der Waals surface area contributed by atoms with Gasteiger partial charge in [-0.05, 0) is 43.7 Å². The van der Waals surface area contributed by atoms with Gasteiger partial charge in [-0.25, -0.2) is 0 Å². The van der Waals surface area contributed by atoms with E-state index in [9.17, 15) is 19.5 Å². The summed E-state index contributed by atoms with van der Waals surface area (Å²) in [4.78, 5) is 47.8. The van der Waals surface area contributed by atoms with E-state index < -0.39 is 28.7 Å². The lowest BCUT2D eigenvalue weighted by Crippen LogP contribution is -2.58. The third kappa shape index (κ3) is 4.30. The van der Waals surface area contributed by atoms with E-state index in [-0.39, 0.29) is 35.5 Å². The van der Waals surface area contributed by atoms with Gasteiger partial charge in [0.2, 0.25) is 11.8 Å². The molecule has 8 heteroatoms. The van der Waals surface area contributed by atoms with Crippen molar-refractivity contribution in [3.63, 3.8) is 0 Å². The molecule has 2 bridgehead atoms. The Morgan fingerprint density at radius 1 is 1.18 bits per heavy atom. The summed E-state index contributed by atoms with van der Waals surface area (Å²) in [7, 11) is 1.74. The molecular formula is C30H41N3O4S. The maximum atomic E-state index is 14.8. The van der Waals surface area contributed by atoms with Crippen molar-refractivity contribution in [1.29, 1.82) is 0 Å². The van der Waals surface area contributed by atoms with Crippen molar-refractivity contribution in [2.75, 3.05) is 31.6 Å². The molecule has 1 N–H and O–H groups in total. The van der Waals surface area contributed by atoms with Crippen LogP contribution < -0.4 is 4.90 Å². The number of carbonyl (C=O) groups excluding carboxylic acids is 3. The highest BCUT2D eigenvalue weighted by Crippen LogP contribution is 2.67. The maximum absolute atomic E-state index is 14.8. The van der Waals surface area contributed by atoms with Crippen LogP contribution in [0.1, 0.15) is 37.8 Å². The number of carbonyl (C=O) groups is 3. The zero-order valence-corrected chi connectivity index (χ0v) is 24.0. The number of likely N-dealkylation sites (N-methyl/N-ethyl adjacent to an activating group) is 1. The largest absolute Gasteiger partial charge is 0.394 e. The van der Waals surface area contributed by atoms with Crippen molar-refractivity contribution in [3.8, 4) is 0 Å². The van der Waals surface area contributed by atoms with Crippen LogP contribution >= 0.6 is 11.8 Å². The lowest BCUT2D eigenvalue weighted by molar-refractivity contribution is -0.145. The van der Waals surface area contributed by atoms with E-state index in [2.05, 4.69) is 13.2 Å². The molecule has 3 saturated heterocycles. The van der Waals surface area contributed by atoms with E-state index in [4.69, 9.17) is 0 Å². The van der Waals surface area contributed by atoms with Crippen molar-refractivity contribution in [3.05, 3.63) is 54.6 Å². The van der Waals surface area contributed by atoms with Gasteiger partial charge in [-0.3, -0.25) is 14.4 Å². The lowest BCUT2D eigenvalue weighted by atomic mass is 9.70. The monoisotopic (exact) mass is 539 g/mol. The summed E-state index contributed by atoms with van der Waals surface area (Å²) in [6, 6.07) is 4.62. The molecule has 4 rings (SSSR count). The number of hydrogen-bond donors (Lipinski definition) is 1. The molecule has 0 saturated carbocycles. The number of aliphatic hydroxyl groups excluding tert-OH is 1. The molecule has 3 fully saturated rings. The van der Waals surface area contributed by atoms with Gasteiger partial charge < -0.3 is 19.8 Å². The number of aliphatic hydroxyl groups is 1. The zero-order valence-electron chi connectivity index (χ0n) is 23.2. The summed E-state index contributed by atoms with van der Waals surface area (Å²) >= 11 is 1.65. The number of thioether (sulfide) groups is 1. The minimum atomic E-state index is -0.781. The van der Waals surface area contributed by atoms with Gasteiger partial charge in [-0.2, -0.15) is 0 Å². The standard InChI is InChI=1S/C30H41N3O4S/c1-8-15-31(7)27(35)23-22-13-14-30(38-22)24(23)28(36)33(21(17-34)18(3)4)26(30)29(37)32(16-9-2)25-19(5)11-10-12-20(25)6/h8-12,18,21-24,26,34H,1-2,13-17H2,3-7H3/t21-,22-,23+,24-,26?,30?/m0/s1. The molecule has 0 aromatic heterocycles. The van der Waals surface area contributed by atoms with Crippen molar-refractivity contribution >= 4 is 35.2 Å². The molecule has 1 spiro atoms. The molecule has 3 aliphatic rings. The fraction of sp³-hybridized carbons (Fsp3) is 0.567. The predicted octanol–water partition coefficient (Wildman–Crippen LogP) is 3.57.